The van der Waals surface area contributed by atoms with Crippen LogP contribution in [0.3, 0.4) is 0 Å². The Morgan fingerprint density at radius 3 is 2.96 bits per heavy atom. The zero-order valence-corrected chi connectivity index (χ0v) is 13.2. The van der Waals surface area contributed by atoms with Crippen molar-refractivity contribution >= 4 is 23.5 Å². The minimum Gasteiger partial charge on any atom is -0.460 e. The number of carbonyl (C=O) groups is 2. The Balaban J connectivity index is 1.66. The molecule has 0 bridgehead atoms. The normalized spacial score (nSPS) is 20.3. The van der Waals surface area contributed by atoms with Gasteiger partial charge in [-0.2, -0.15) is 5.10 Å². The molecule has 0 aliphatic carbocycles. The highest BCUT2D eigenvalue weighted by Gasteiger charge is 2.35. The number of cyclic esters (lactones) is 1. The Labute approximate surface area is 137 Å². The van der Waals surface area contributed by atoms with Crippen molar-refractivity contribution in [2.75, 3.05) is 0 Å². The summed E-state index contributed by atoms with van der Waals surface area (Å²) in [7, 11) is 0. The van der Waals surface area contributed by atoms with Gasteiger partial charge in [-0.15, -0.1) is 0 Å². The molecule has 3 rings (SSSR count). The SMILES string of the molecule is C[C@@H]1C[C@@H](OC(=O)c2cnn(Cc3ccccc3Cl)c2)C(=O)O1. The van der Waals surface area contributed by atoms with Crippen LogP contribution in [-0.4, -0.2) is 33.9 Å². The maximum absolute atomic E-state index is 12.1. The summed E-state index contributed by atoms with van der Waals surface area (Å²) in [6.07, 6.45) is 2.27. The summed E-state index contributed by atoms with van der Waals surface area (Å²) < 4.78 is 11.7. The van der Waals surface area contributed by atoms with Crippen molar-refractivity contribution < 1.29 is 19.1 Å². The average molecular weight is 335 g/mol. The first-order valence-corrected chi connectivity index (χ1v) is 7.58. The van der Waals surface area contributed by atoms with E-state index in [1.54, 1.807) is 23.9 Å². The number of ether oxygens (including phenoxy) is 2. The van der Waals surface area contributed by atoms with E-state index < -0.39 is 18.0 Å². The van der Waals surface area contributed by atoms with Gasteiger partial charge in [0.2, 0.25) is 6.10 Å². The van der Waals surface area contributed by atoms with Crippen LogP contribution in [0, 0.1) is 0 Å². The molecule has 0 saturated carbocycles. The van der Waals surface area contributed by atoms with Gasteiger partial charge in [-0.1, -0.05) is 29.8 Å². The van der Waals surface area contributed by atoms with Crippen molar-refractivity contribution in [2.24, 2.45) is 0 Å². The fraction of sp³-hybridized carbons (Fsp3) is 0.312. The molecule has 1 aliphatic heterocycles. The van der Waals surface area contributed by atoms with Gasteiger partial charge in [-0.25, -0.2) is 9.59 Å². The molecule has 0 N–H and O–H groups in total. The second kappa shape index (κ2) is 6.42. The second-order valence-corrected chi connectivity index (χ2v) is 5.80. The van der Waals surface area contributed by atoms with Crippen LogP contribution in [0.4, 0.5) is 0 Å². The quantitative estimate of drug-likeness (QED) is 0.803. The molecule has 23 heavy (non-hydrogen) atoms. The van der Waals surface area contributed by atoms with Crippen LogP contribution in [0.5, 0.6) is 0 Å². The number of nitrogens with zero attached hydrogens (tertiary/aromatic N) is 2. The molecule has 1 fully saturated rings. The molecule has 6 nitrogen and oxygen atoms in total. The van der Waals surface area contributed by atoms with Crippen molar-refractivity contribution in [1.29, 1.82) is 0 Å². The monoisotopic (exact) mass is 334 g/mol. The zero-order valence-electron chi connectivity index (χ0n) is 12.4. The summed E-state index contributed by atoms with van der Waals surface area (Å²) in [5.41, 5.74) is 1.18. The minimum absolute atomic E-state index is 0.233. The highest BCUT2D eigenvalue weighted by Crippen LogP contribution is 2.19. The standard InChI is InChI=1S/C16H15ClN2O4/c1-10-6-14(16(21)22-10)23-15(20)12-7-18-19(9-12)8-11-4-2-3-5-13(11)17/h2-5,7,9-10,14H,6,8H2,1H3/t10-,14-/m1/s1. The molecule has 1 aromatic carbocycles. The lowest BCUT2D eigenvalue weighted by molar-refractivity contribution is -0.147. The molecule has 0 unspecified atom stereocenters. The molecule has 0 radical (unpaired) electrons. The van der Waals surface area contributed by atoms with Crippen molar-refractivity contribution in [3.05, 3.63) is 52.8 Å². The zero-order chi connectivity index (χ0) is 16.4. The Morgan fingerprint density at radius 1 is 1.48 bits per heavy atom. The summed E-state index contributed by atoms with van der Waals surface area (Å²) >= 11 is 6.10. The molecule has 2 atom stereocenters. The number of rotatable bonds is 4. The topological polar surface area (TPSA) is 70.4 Å². The van der Waals surface area contributed by atoms with E-state index in [1.807, 2.05) is 18.2 Å². The highest BCUT2D eigenvalue weighted by molar-refractivity contribution is 6.31. The summed E-state index contributed by atoms with van der Waals surface area (Å²) in [6.45, 7) is 2.20. The van der Waals surface area contributed by atoms with Crippen LogP contribution >= 0.6 is 11.6 Å². The molecule has 2 aromatic rings. The third kappa shape index (κ3) is 3.53. The lowest BCUT2D eigenvalue weighted by Crippen LogP contribution is -2.22. The molecule has 2 heterocycles. The first kappa shape index (κ1) is 15.6. The van der Waals surface area contributed by atoms with Gasteiger partial charge in [-0.3, -0.25) is 4.68 Å². The Hall–Kier alpha value is -2.34. The summed E-state index contributed by atoms with van der Waals surface area (Å²) in [5, 5.41) is 4.76. The average Bonchev–Trinajstić information content (AvgIpc) is 3.09. The fourth-order valence-corrected chi connectivity index (χ4v) is 2.57. The van der Waals surface area contributed by atoms with Gasteiger partial charge in [0.25, 0.3) is 0 Å². The summed E-state index contributed by atoms with van der Waals surface area (Å²) in [6, 6.07) is 7.41. The predicted molar refractivity (Wildman–Crippen MR) is 82.2 cm³/mol. The fourth-order valence-electron chi connectivity index (χ4n) is 2.37. The van der Waals surface area contributed by atoms with Crippen molar-refractivity contribution in [3.63, 3.8) is 0 Å². The van der Waals surface area contributed by atoms with E-state index in [-0.39, 0.29) is 11.7 Å². The first-order valence-electron chi connectivity index (χ1n) is 7.20. The van der Waals surface area contributed by atoms with Crippen LogP contribution in [0.2, 0.25) is 5.02 Å². The number of esters is 2. The molecule has 1 saturated heterocycles. The van der Waals surface area contributed by atoms with Crippen molar-refractivity contribution in [1.82, 2.24) is 9.78 Å². The molecule has 120 valence electrons. The van der Waals surface area contributed by atoms with E-state index >= 15 is 0 Å². The molecule has 1 aromatic heterocycles. The van der Waals surface area contributed by atoms with Crippen molar-refractivity contribution in [3.8, 4) is 0 Å². The van der Waals surface area contributed by atoms with Gasteiger partial charge in [0.05, 0.1) is 18.3 Å². The smallest absolute Gasteiger partial charge is 0.347 e. The second-order valence-electron chi connectivity index (χ2n) is 5.40. The van der Waals surface area contributed by atoms with Gasteiger partial charge in [0.1, 0.15) is 6.10 Å². The van der Waals surface area contributed by atoms with E-state index in [2.05, 4.69) is 5.10 Å². The van der Waals surface area contributed by atoms with E-state index in [9.17, 15) is 9.59 Å². The minimum atomic E-state index is -0.843. The Bertz CT molecular complexity index is 743. The predicted octanol–water partition coefficient (Wildman–Crippen LogP) is 2.45. The molecule has 1 aliphatic rings. The van der Waals surface area contributed by atoms with Crippen LogP contribution in [0.25, 0.3) is 0 Å². The third-order valence-corrected chi connectivity index (χ3v) is 3.90. The first-order chi connectivity index (χ1) is 11.0. The van der Waals surface area contributed by atoms with Crippen LogP contribution in [0.15, 0.2) is 36.7 Å². The van der Waals surface area contributed by atoms with Gasteiger partial charge < -0.3 is 9.47 Å². The molecular formula is C16H15ClN2O4. The Kier molecular flexibility index (Phi) is 4.34. The number of halogens is 1. The van der Waals surface area contributed by atoms with Crippen LogP contribution < -0.4 is 0 Å². The maximum Gasteiger partial charge on any atom is 0.347 e. The number of hydrogen-bond donors (Lipinski definition) is 0. The van der Waals surface area contributed by atoms with Gasteiger partial charge in [0.15, 0.2) is 0 Å². The lowest BCUT2D eigenvalue weighted by Gasteiger charge is -2.06. The van der Waals surface area contributed by atoms with Crippen LogP contribution in [0.1, 0.15) is 29.3 Å². The maximum atomic E-state index is 12.1. The number of hydrogen-bond acceptors (Lipinski definition) is 5. The molecule has 7 heteroatoms. The lowest BCUT2D eigenvalue weighted by atomic mass is 10.2. The number of benzene rings is 1. The van der Waals surface area contributed by atoms with E-state index in [0.717, 1.165) is 5.56 Å². The van der Waals surface area contributed by atoms with Crippen LogP contribution in [-0.2, 0) is 20.8 Å². The van der Waals surface area contributed by atoms with Gasteiger partial charge in [-0.05, 0) is 18.6 Å². The van der Waals surface area contributed by atoms with E-state index in [1.165, 1.54) is 6.20 Å². The van der Waals surface area contributed by atoms with E-state index in [4.69, 9.17) is 21.1 Å². The Morgan fingerprint density at radius 2 is 2.26 bits per heavy atom. The molecular weight excluding hydrogens is 320 g/mol. The number of aromatic nitrogens is 2. The third-order valence-electron chi connectivity index (χ3n) is 3.53. The highest BCUT2D eigenvalue weighted by atomic mass is 35.5. The summed E-state index contributed by atoms with van der Waals surface area (Å²) in [4.78, 5) is 23.6. The van der Waals surface area contributed by atoms with Crippen molar-refractivity contribution in [2.45, 2.75) is 32.1 Å². The van der Waals surface area contributed by atoms with Gasteiger partial charge in [0, 0.05) is 17.6 Å². The van der Waals surface area contributed by atoms with Gasteiger partial charge >= 0.3 is 11.9 Å². The number of carbonyl (C=O) groups excluding carboxylic acids is 2. The molecule has 0 spiro atoms. The largest absolute Gasteiger partial charge is 0.460 e. The summed E-state index contributed by atoms with van der Waals surface area (Å²) in [5.74, 6) is -1.10. The van der Waals surface area contributed by atoms with E-state index in [0.29, 0.717) is 18.0 Å². The molecule has 0 amide bonds.